The van der Waals surface area contributed by atoms with Crippen LogP contribution < -0.4 is 5.73 Å². The highest BCUT2D eigenvalue weighted by Gasteiger charge is 2.30. The van der Waals surface area contributed by atoms with Crippen molar-refractivity contribution in [2.75, 3.05) is 26.3 Å². The van der Waals surface area contributed by atoms with Crippen LogP contribution in [0.25, 0.3) is 0 Å². The van der Waals surface area contributed by atoms with Gasteiger partial charge in [0.15, 0.2) is 0 Å². The van der Waals surface area contributed by atoms with Crippen LogP contribution in [0.5, 0.6) is 0 Å². The molecule has 0 saturated carbocycles. The first-order valence-electron chi connectivity index (χ1n) is 5.97. The van der Waals surface area contributed by atoms with E-state index >= 15 is 0 Å². The van der Waals surface area contributed by atoms with Crippen LogP contribution in [-0.2, 0) is 14.3 Å². The van der Waals surface area contributed by atoms with Gasteiger partial charge in [0, 0.05) is 13.1 Å². The lowest BCUT2D eigenvalue weighted by Crippen LogP contribution is -2.46. The van der Waals surface area contributed by atoms with E-state index in [0.29, 0.717) is 26.1 Å². The summed E-state index contributed by atoms with van der Waals surface area (Å²) in [5.41, 5.74) is 5.25. The molecule has 1 aliphatic rings. The van der Waals surface area contributed by atoms with Crippen LogP contribution in [0.2, 0.25) is 0 Å². The number of rotatable bonds is 5. The summed E-state index contributed by atoms with van der Waals surface area (Å²) in [5, 5.41) is 9.10. The average Bonchev–Trinajstić information content (AvgIpc) is 2.54. The maximum absolute atomic E-state index is 11.8. The number of ether oxygens (including phenoxy) is 1. The van der Waals surface area contributed by atoms with Gasteiger partial charge in [-0.2, -0.15) is 0 Å². The molecular weight excluding hydrogens is 224 g/mol. The summed E-state index contributed by atoms with van der Waals surface area (Å²) in [7, 11) is 0. The van der Waals surface area contributed by atoms with Crippen LogP contribution in [0, 0.1) is 0 Å². The van der Waals surface area contributed by atoms with E-state index in [1.165, 1.54) is 4.90 Å². The Morgan fingerprint density at radius 3 is 2.76 bits per heavy atom. The van der Waals surface area contributed by atoms with Crippen molar-refractivity contribution in [3.63, 3.8) is 0 Å². The van der Waals surface area contributed by atoms with Gasteiger partial charge in [0.25, 0.3) is 0 Å². The van der Waals surface area contributed by atoms with Gasteiger partial charge < -0.3 is 20.5 Å². The van der Waals surface area contributed by atoms with Crippen LogP contribution in [-0.4, -0.2) is 54.2 Å². The number of likely N-dealkylation sites (tertiary alicyclic amines) is 1. The van der Waals surface area contributed by atoms with E-state index in [9.17, 15) is 9.59 Å². The lowest BCUT2D eigenvalue weighted by molar-refractivity contribution is -0.152. The van der Waals surface area contributed by atoms with E-state index in [1.54, 1.807) is 0 Å². The summed E-state index contributed by atoms with van der Waals surface area (Å²) >= 11 is 0. The lowest BCUT2D eigenvalue weighted by atomic mass is 10.1. The first kappa shape index (κ1) is 13.9. The summed E-state index contributed by atoms with van der Waals surface area (Å²) in [6.45, 7) is 1.09. The maximum atomic E-state index is 11.8. The average molecular weight is 244 g/mol. The Labute approximate surface area is 101 Å². The molecule has 6 nitrogen and oxygen atoms in total. The third-order valence-electron chi connectivity index (χ3n) is 2.85. The fraction of sp³-hybridized carbons (Fsp3) is 0.818. The molecule has 1 aliphatic heterocycles. The summed E-state index contributed by atoms with van der Waals surface area (Å²) in [5.74, 6) is -1.19. The second-order valence-corrected chi connectivity index (χ2v) is 4.13. The number of amides is 1. The van der Waals surface area contributed by atoms with Crippen LogP contribution >= 0.6 is 0 Å². The molecule has 1 fully saturated rings. The van der Waals surface area contributed by atoms with Crippen molar-refractivity contribution in [3.8, 4) is 0 Å². The van der Waals surface area contributed by atoms with Crippen molar-refractivity contribution in [3.05, 3.63) is 0 Å². The van der Waals surface area contributed by atoms with E-state index in [0.717, 1.165) is 19.3 Å². The second-order valence-electron chi connectivity index (χ2n) is 4.13. The minimum absolute atomic E-state index is 0.0824. The van der Waals surface area contributed by atoms with Gasteiger partial charge in [0.1, 0.15) is 12.6 Å². The molecule has 1 amide bonds. The number of nitrogens with zero attached hydrogens (tertiary/aromatic N) is 1. The van der Waals surface area contributed by atoms with Gasteiger partial charge in [0.2, 0.25) is 5.91 Å². The van der Waals surface area contributed by atoms with Gasteiger partial charge in [-0.3, -0.25) is 4.79 Å². The number of carbonyl (C=O) groups excluding carboxylic acids is 1. The maximum Gasteiger partial charge on any atom is 0.326 e. The van der Waals surface area contributed by atoms with Crippen LogP contribution in [0.4, 0.5) is 0 Å². The number of hydrogen-bond acceptors (Lipinski definition) is 4. The predicted molar refractivity (Wildman–Crippen MR) is 61.5 cm³/mol. The topological polar surface area (TPSA) is 92.9 Å². The normalized spacial score (nSPS) is 21.0. The molecule has 1 heterocycles. The van der Waals surface area contributed by atoms with Crippen molar-refractivity contribution in [1.82, 2.24) is 4.90 Å². The van der Waals surface area contributed by atoms with Crippen molar-refractivity contribution in [1.29, 1.82) is 0 Å². The number of carboxylic acids is 1. The smallest absolute Gasteiger partial charge is 0.326 e. The first-order valence-corrected chi connectivity index (χ1v) is 5.97. The lowest BCUT2D eigenvalue weighted by Gasteiger charge is -2.26. The zero-order valence-electron chi connectivity index (χ0n) is 9.93. The molecule has 0 aromatic heterocycles. The van der Waals surface area contributed by atoms with E-state index in [2.05, 4.69) is 0 Å². The molecule has 0 aliphatic carbocycles. The first-order chi connectivity index (χ1) is 8.16. The van der Waals surface area contributed by atoms with Gasteiger partial charge >= 0.3 is 5.97 Å². The molecule has 0 spiro atoms. The molecule has 0 aromatic rings. The van der Waals surface area contributed by atoms with Crippen molar-refractivity contribution in [2.24, 2.45) is 5.73 Å². The molecule has 3 N–H and O–H groups in total. The Bertz CT molecular complexity index is 270. The number of carbonyl (C=O) groups is 2. The van der Waals surface area contributed by atoms with Gasteiger partial charge in [-0.25, -0.2) is 4.79 Å². The number of carboxylic acid groups (broad SMARTS) is 1. The third kappa shape index (κ3) is 4.32. The summed E-state index contributed by atoms with van der Waals surface area (Å²) in [4.78, 5) is 24.4. The Morgan fingerprint density at radius 1 is 1.35 bits per heavy atom. The number of nitrogens with two attached hydrogens (primary N) is 1. The highest BCUT2D eigenvalue weighted by atomic mass is 16.5. The molecule has 0 bridgehead atoms. The van der Waals surface area contributed by atoms with Gasteiger partial charge in [-0.15, -0.1) is 0 Å². The van der Waals surface area contributed by atoms with Crippen LogP contribution in [0.1, 0.15) is 25.7 Å². The molecule has 0 radical (unpaired) electrons. The Morgan fingerprint density at radius 2 is 2.12 bits per heavy atom. The quantitative estimate of drug-likeness (QED) is 0.654. The Balaban J connectivity index is 2.55. The van der Waals surface area contributed by atoms with Gasteiger partial charge in [-0.05, 0) is 12.8 Å². The monoisotopic (exact) mass is 244 g/mol. The van der Waals surface area contributed by atoms with Crippen molar-refractivity contribution < 1.29 is 19.4 Å². The van der Waals surface area contributed by atoms with E-state index in [4.69, 9.17) is 15.6 Å². The minimum atomic E-state index is -0.931. The second kappa shape index (κ2) is 7.24. The number of hydrogen-bond donors (Lipinski definition) is 2. The Hall–Kier alpha value is -1.14. The highest BCUT2D eigenvalue weighted by Crippen LogP contribution is 2.17. The van der Waals surface area contributed by atoms with Gasteiger partial charge in [-0.1, -0.05) is 12.8 Å². The van der Waals surface area contributed by atoms with Gasteiger partial charge in [0.05, 0.1) is 6.61 Å². The molecule has 0 aromatic carbocycles. The minimum Gasteiger partial charge on any atom is -0.480 e. The summed E-state index contributed by atoms with van der Waals surface area (Å²) < 4.78 is 5.06. The van der Waals surface area contributed by atoms with Crippen LogP contribution in [0.3, 0.4) is 0 Å². The summed E-state index contributed by atoms with van der Waals surface area (Å²) in [6.07, 6.45) is 3.20. The summed E-state index contributed by atoms with van der Waals surface area (Å²) in [6, 6.07) is -0.702. The molecular formula is C11H20N2O4. The third-order valence-corrected chi connectivity index (χ3v) is 2.85. The van der Waals surface area contributed by atoms with E-state index < -0.39 is 12.0 Å². The number of aliphatic carboxylic acids is 1. The van der Waals surface area contributed by atoms with Crippen molar-refractivity contribution >= 4 is 11.9 Å². The standard InChI is InChI=1S/C11H20N2O4/c12-5-7-17-8-10(14)13-6-3-1-2-4-9(13)11(15)16/h9H,1-8,12H2,(H,15,16). The molecule has 1 atom stereocenters. The molecule has 17 heavy (non-hydrogen) atoms. The fourth-order valence-corrected chi connectivity index (χ4v) is 1.99. The molecule has 1 unspecified atom stereocenters. The zero-order chi connectivity index (χ0) is 12.7. The SMILES string of the molecule is NCCOCC(=O)N1CCCCCC1C(=O)O. The largest absolute Gasteiger partial charge is 0.480 e. The van der Waals surface area contributed by atoms with E-state index in [1.807, 2.05) is 0 Å². The molecule has 1 saturated heterocycles. The van der Waals surface area contributed by atoms with Crippen molar-refractivity contribution in [2.45, 2.75) is 31.7 Å². The fourth-order valence-electron chi connectivity index (χ4n) is 1.99. The predicted octanol–water partition coefficient (Wildman–Crippen LogP) is -0.182. The molecule has 1 rings (SSSR count). The Kier molecular flexibility index (Phi) is 5.93. The van der Waals surface area contributed by atoms with Crippen LogP contribution in [0.15, 0.2) is 0 Å². The highest BCUT2D eigenvalue weighted by molar-refractivity contribution is 5.84. The molecule has 98 valence electrons. The van der Waals surface area contributed by atoms with E-state index in [-0.39, 0.29) is 12.5 Å². The molecule has 6 heteroatoms. The zero-order valence-corrected chi connectivity index (χ0v) is 9.93.